The lowest BCUT2D eigenvalue weighted by Crippen LogP contribution is -2.29. The predicted molar refractivity (Wildman–Crippen MR) is 98.4 cm³/mol. The molecule has 0 radical (unpaired) electrons. The summed E-state index contributed by atoms with van der Waals surface area (Å²) in [6, 6.07) is 10.3. The lowest BCUT2D eigenvalue weighted by Gasteiger charge is -2.12. The van der Waals surface area contributed by atoms with Crippen LogP contribution in [0.2, 0.25) is 5.02 Å². The summed E-state index contributed by atoms with van der Waals surface area (Å²) in [5.41, 5.74) is 0.731. The number of halogens is 1. The van der Waals surface area contributed by atoms with E-state index in [1.807, 2.05) is 25.1 Å². The van der Waals surface area contributed by atoms with Crippen LogP contribution in [-0.4, -0.2) is 18.0 Å². The molecule has 1 amide bonds. The minimum Gasteiger partial charge on any atom is -0.449 e. The summed E-state index contributed by atoms with van der Waals surface area (Å²) < 4.78 is 5.07. The molecule has 0 saturated heterocycles. The van der Waals surface area contributed by atoms with Gasteiger partial charge < -0.3 is 10.1 Å². The molecule has 0 aliphatic carbocycles. The van der Waals surface area contributed by atoms with Gasteiger partial charge in [-0.05, 0) is 50.3 Å². The maximum atomic E-state index is 12.1. The molecule has 1 N–H and O–H groups in total. The number of thiophene rings is 1. The third kappa shape index (κ3) is 5.45. The molecule has 7 heteroatoms. The number of amides is 1. The molecule has 2 aromatic rings. The molecule has 0 aliphatic rings. The van der Waals surface area contributed by atoms with E-state index in [0.29, 0.717) is 11.3 Å². The first kappa shape index (κ1) is 18.7. The van der Waals surface area contributed by atoms with Crippen LogP contribution in [0, 0.1) is 18.3 Å². The van der Waals surface area contributed by atoms with Crippen molar-refractivity contribution in [1.82, 2.24) is 0 Å². The number of carbonyl (C=O) groups is 2. The van der Waals surface area contributed by atoms with E-state index >= 15 is 0 Å². The van der Waals surface area contributed by atoms with Gasteiger partial charge in [0.2, 0.25) is 0 Å². The van der Waals surface area contributed by atoms with Crippen molar-refractivity contribution in [3.8, 4) is 6.07 Å². The van der Waals surface area contributed by atoms with Gasteiger partial charge in [0.25, 0.3) is 5.91 Å². The maximum absolute atomic E-state index is 12.1. The zero-order valence-electron chi connectivity index (χ0n) is 13.6. The SMILES string of the molecule is Cc1ccc(/C=C/C(=O)O[C@@H](C)C(=O)Nc2ccc(C#N)c(Cl)c2)s1. The number of aryl methyl sites for hydroxylation is 1. The van der Waals surface area contributed by atoms with Crippen LogP contribution >= 0.6 is 22.9 Å². The van der Waals surface area contributed by atoms with Crippen molar-refractivity contribution >= 4 is 46.6 Å². The number of nitrogens with one attached hydrogen (secondary N) is 1. The number of nitrogens with zero attached hydrogens (tertiary/aromatic N) is 1. The minimum absolute atomic E-state index is 0.235. The number of hydrogen-bond donors (Lipinski definition) is 1. The number of anilines is 1. The quantitative estimate of drug-likeness (QED) is 0.629. The molecule has 0 fully saturated rings. The van der Waals surface area contributed by atoms with E-state index < -0.39 is 18.0 Å². The third-order valence-corrected chi connectivity index (χ3v) is 4.44. The van der Waals surface area contributed by atoms with Crippen molar-refractivity contribution in [3.63, 3.8) is 0 Å². The highest BCUT2D eigenvalue weighted by Crippen LogP contribution is 2.20. The molecular weight excluding hydrogens is 360 g/mol. The Kier molecular flexibility index (Phi) is 6.34. The van der Waals surface area contributed by atoms with Crippen LogP contribution < -0.4 is 5.32 Å². The molecule has 1 atom stereocenters. The van der Waals surface area contributed by atoms with Crippen molar-refractivity contribution in [2.24, 2.45) is 0 Å². The van der Waals surface area contributed by atoms with Crippen LogP contribution in [0.1, 0.15) is 22.2 Å². The first-order valence-electron chi connectivity index (χ1n) is 7.34. The normalized spacial score (nSPS) is 11.8. The number of hydrogen-bond acceptors (Lipinski definition) is 5. The summed E-state index contributed by atoms with van der Waals surface area (Å²) in [7, 11) is 0. The van der Waals surface area contributed by atoms with Gasteiger partial charge in [-0.15, -0.1) is 11.3 Å². The van der Waals surface area contributed by atoms with E-state index in [4.69, 9.17) is 21.6 Å². The number of benzene rings is 1. The summed E-state index contributed by atoms with van der Waals surface area (Å²) in [6.45, 7) is 3.45. The molecule has 2 rings (SSSR count). The zero-order valence-corrected chi connectivity index (χ0v) is 15.1. The maximum Gasteiger partial charge on any atom is 0.331 e. The average Bonchev–Trinajstić information content (AvgIpc) is 2.98. The smallest absolute Gasteiger partial charge is 0.331 e. The Morgan fingerprint density at radius 2 is 2.12 bits per heavy atom. The van der Waals surface area contributed by atoms with Gasteiger partial charge in [0.15, 0.2) is 6.10 Å². The van der Waals surface area contributed by atoms with Crippen LogP contribution in [-0.2, 0) is 14.3 Å². The highest BCUT2D eigenvalue weighted by Gasteiger charge is 2.17. The fraction of sp³-hybridized carbons (Fsp3) is 0.167. The van der Waals surface area contributed by atoms with Crippen molar-refractivity contribution < 1.29 is 14.3 Å². The fourth-order valence-electron chi connectivity index (χ4n) is 1.89. The third-order valence-electron chi connectivity index (χ3n) is 3.16. The van der Waals surface area contributed by atoms with Crippen molar-refractivity contribution in [2.45, 2.75) is 20.0 Å². The highest BCUT2D eigenvalue weighted by atomic mass is 35.5. The summed E-state index contributed by atoms with van der Waals surface area (Å²) >= 11 is 7.46. The molecule has 1 aromatic heterocycles. The Hall–Kier alpha value is -2.62. The van der Waals surface area contributed by atoms with Crippen LogP contribution in [0.4, 0.5) is 5.69 Å². The second-order valence-corrected chi connectivity index (χ2v) is 6.88. The molecule has 5 nitrogen and oxygen atoms in total. The lowest BCUT2D eigenvalue weighted by molar-refractivity contribution is -0.148. The summed E-state index contributed by atoms with van der Waals surface area (Å²) in [4.78, 5) is 25.9. The fourth-order valence-corrected chi connectivity index (χ4v) is 2.89. The number of carbonyl (C=O) groups excluding carboxylic acids is 2. The Morgan fingerprint density at radius 3 is 2.72 bits per heavy atom. The standard InChI is InChI=1S/C18H15ClN2O3S/c1-11-3-6-15(25-11)7-8-17(22)24-12(2)18(23)21-14-5-4-13(10-20)16(19)9-14/h3-9,12H,1-2H3,(H,21,23)/b8-7+/t12-/m0/s1. The molecule has 128 valence electrons. The largest absolute Gasteiger partial charge is 0.449 e. The van der Waals surface area contributed by atoms with Crippen molar-refractivity contribution in [2.75, 3.05) is 5.32 Å². The summed E-state index contributed by atoms with van der Waals surface area (Å²) in [5, 5.41) is 11.6. The summed E-state index contributed by atoms with van der Waals surface area (Å²) in [5.74, 6) is -1.10. The molecule has 0 unspecified atom stereocenters. The van der Waals surface area contributed by atoms with Gasteiger partial charge in [0.1, 0.15) is 6.07 Å². The number of rotatable bonds is 5. The molecule has 1 heterocycles. The molecule has 1 aromatic carbocycles. The molecule has 0 bridgehead atoms. The van der Waals surface area contributed by atoms with Gasteiger partial charge >= 0.3 is 5.97 Å². The van der Waals surface area contributed by atoms with E-state index in [-0.39, 0.29) is 5.02 Å². The van der Waals surface area contributed by atoms with Crippen LogP contribution in [0.25, 0.3) is 6.08 Å². The van der Waals surface area contributed by atoms with E-state index in [2.05, 4.69) is 5.32 Å². The number of nitriles is 1. The Morgan fingerprint density at radius 1 is 1.36 bits per heavy atom. The van der Waals surface area contributed by atoms with E-state index in [9.17, 15) is 9.59 Å². The second kappa shape index (κ2) is 8.47. The van der Waals surface area contributed by atoms with Crippen molar-refractivity contribution in [1.29, 1.82) is 5.26 Å². The Labute approximate surface area is 154 Å². The number of esters is 1. The van der Waals surface area contributed by atoms with Gasteiger partial charge in [-0.1, -0.05) is 11.6 Å². The van der Waals surface area contributed by atoms with Crippen LogP contribution in [0.15, 0.2) is 36.4 Å². The van der Waals surface area contributed by atoms with Gasteiger partial charge in [0.05, 0.1) is 10.6 Å². The first-order valence-corrected chi connectivity index (χ1v) is 8.54. The van der Waals surface area contributed by atoms with Gasteiger partial charge in [-0.2, -0.15) is 5.26 Å². The van der Waals surface area contributed by atoms with Gasteiger partial charge in [-0.3, -0.25) is 4.79 Å². The minimum atomic E-state index is -0.975. The number of ether oxygens (including phenoxy) is 1. The van der Waals surface area contributed by atoms with Gasteiger partial charge in [0, 0.05) is 21.5 Å². The van der Waals surface area contributed by atoms with Crippen LogP contribution in [0.5, 0.6) is 0 Å². The molecule has 0 saturated carbocycles. The molecule has 0 aliphatic heterocycles. The molecule has 25 heavy (non-hydrogen) atoms. The Balaban J connectivity index is 1.91. The lowest BCUT2D eigenvalue weighted by atomic mass is 10.2. The first-order chi connectivity index (χ1) is 11.9. The summed E-state index contributed by atoms with van der Waals surface area (Å²) in [6.07, 6.45) is 1.95. The van der Waals surface area contributed by atoms with Crippen LogP contribution in [0.3, 0.4) is 0 Å². The molecule has 0 spiro atoms. The predicted octanol–water partition coefficient (Wildman–Crippen LogP) is 4.17. The topological polar surface area (TPSA) is 79.2 Å². The molecular formula is C18H15ClN2O3S. The van der Waals surface area contributed by atoms with Crippen molar-refractivity contribution in [3.05, 3.63) is 56.7 Å². The van der Waals surface area contributed by atoms with E-state index in [1.165, 1.54) is 25.1 Å². The van der Waals surface area contributed by atoms with Gasteiger partial charge in [-0.25, -0.2) is 4.79 Å². The van der Waals surface area contributed by atoms with E-state index in [1.54, 1.807) is 23.5 Å². The monoisotopic (exact) mass is 374 g/mol. The van der Waals surface area contributed by atoms with E-state index in [0.717, 1.165) is 9.75 Å². The zero-order chi connectivity index (χ0) is 18.4. The average molecular weight is 375 g/mol. The Bertz CT molecular complexity index is 867. The second-order valence-electron chi connectivity index (χ2n) is 5.16. The highest BCUT2D eigenvalue weighted by molar-refractivity contribution is 7.12.